The van der Waals surface area contributed by atoms with Gasteiger partial charge < -0.3 is 15.8 Å². The molecule has 0 bridgehead atoms. The molecule has 0 spiro atoms. The maximum Gasteiger partial charge on any atom is 0.242 e. The number of H-pyrrole nitrogens is 1. The van der Waals surface area contributed by atoms with Crippen molar-refractivity contribution in [3.05, 3.63) is 30.3 Å². The van der Waals surface area contributed by atoms with Crippen LogP contribution in [0.15, 0.2) is 40.1 Å². The fourth-order valence-electron chi connectivity index (χ4n) is 4.08. The Morgan fingerprint density at radius 3 is 2.72 bits per heavy atom. The fraction of sp³-hybridized carbons (Fsp3) is 0.263. The van der Waals surface area contributed by atoms with E-state index in [0.717, 1.165) is 4.70 Å². The van der Waals surface area contributed by atoms with Crippen molar-refractivity contribution >= 4 is 46.7 Å². The number of primary sulfonamides is 1. The largest absolute Gasteiger partial charge is 0.375 e. The second-order valence-corrected chi connectivity index (χ2v) is 12.3. The summed E-state index contributed by atoms with van der Waals surface area (Å²) >= 11 is 1.26. The van der Waals surface area contributed by atoms with Crippen molar-refractivity contribution in [2.75, 3.05) is 32.0 Å². The fourth-order valence-corrected chi connectivity index (χ4v) is 7.54. The average Bonchev–Trinajstić information content (AvgIpc) is 3.51. The van der Waals surface area contributed by atoms with E-state index in [1.165, 1.54) is 23.5 Å². The number of anilines is 1. The highest BCUT2D eigenvalue weighted by Crippen LogP contribution is 2.41. The van der Waals surface area contributed by atoms with E-state index in [1.807, 2.05) is 11.4 Å². The van der Waals surface area contributed by atoms with Crippen LogP contribution in [-0.2, 0) is 24.8 Å². The predicted molar refractivity (Wildman–Crippen MR) is 131 cm³/mol. The number of nitrogens with one attached hydrogen (secondary N) is 2. The van der Waals surface area contributed by atoms with Gasteiger partial charge in [0.25, 0.3) is 0 Å². The monoisotopic (exact) mass is 552 g/mol. The van der Waals surface area contributed by atoms with E-state index >= 15 is 0 Å². The Morgan fingerprint density at radius 2 is 2.03 bits per heavy atom. The molecule has 190 valence electrons. The van der Waals surface area contributed by atoms with Crippen LogP contribution in [0.4, 0.5) is 5.13 Å². The lowest BCUT2D eigenvalue weighted by Crippen LogP contribution is -2.95. The number of nitrogen functional groups attached to an aromatic ring is 1. The lowest BCUT2D eigenvalue weighted by Gasteiger charge is -2.21. The Balaban J connectivity index is 1.72. The van der Waals surface area contributed by atoms with E-state index in [-0.39, 0.29) is 24.0 Å². The number of morpholine rings is 1. The molecule has 3 heterocycles. The number of aromatic amines is 1. The van der Waals surface area contributed by atoms with Crippen LogP contribution in [0.3, 0.4) is 0 Å². The van der Waals surface area contributed by atoms with E-state index in [0.29, 0.717) is 41.5 Å². The number of nitrogens with zero attached hydrogens (tertiary/aromatic N) is 4. The molecule has 17 heteroatoms. The number of aromatic nitrogens is 5. The first-order valence-electron chi connectivity index (χ1n) is 10.6. The third-order valence-corrected chi connectivity index (χ3v) is 9.06. The molecular weight excluding hydrogens is 530 g/mol. The first-order chi connectivity index (χ1) is 17.1. The lowest BCUT2D eigenvalue weighted by molar-refractivity contribution is -0.702. The van der Waals surface area contributed by atoms with Crippen LogP contribution in [0.2, 0.25) is 0 Å². The maximum atomic E-state index is 13.4. The van der Waals surface area contributed by atoms with Crippen molar-refractivity contribution in [2.45, 2.75) is 15.8 Å². The van der Waals surface area contributed by atoms with Crippen molar-refractivity contribution < 1.29 is 26.9 Å². The molecule has 1 unspecified atom stereocenters. The Bertz CT molecular complexity index is 1630. The number of sulfonamides is 2. The summed E-state index contributed by atoms with van der Waals surface area (Å²) in [6.07, 6.45) is 0. The van der Waals surface area contributed by atoms with Crippen LogP contribution >= 0.6 is 11.3 Å². The van der Waals surface area contributed by atoms with Gasteiger partial charge in [-0.3, -0.25) is 0 Å². The van der Waals surface area contributed by atoms with Gasteiger partial charge in [0.05, 0.1) is 35.5 Å². The number of fused-ring (bicyclic) bond motifs is 1. The van der Waals surface area contributed by atoms with Crippen molar-refractivity contribution in [1.29, 1.82) is 0 Å². The van der Waals surface area contributed by atoms with Crippen LogP contribution in [0.25, 0.3) is 32.7 Å². The molecule has 1 aliphatic heterocycles. The maximum absolute atomic E-state index is 13.4. The molecule has 0 amide bonds. The third kappa shape index (κ3) is 4.69. The zero-order valence-corrected chi connectivity index (χ0v) is 21.0. The van der Waals surface area contributed by atoms with Gasteiger partial charge in [0.1, 0.15) is 22.4 Å². The minimum Gasteiger partial charge on any atom is -0.375 e. The molecular formula is C19H22N9O5S3+. The normalized spacial score (nSPS) is 17.0. The smallest absolute Gasteiger partial charge is 0.242 e. The summed E-state index contributed by atoms with van der Waals surface area (Å²) in [4.78, 5) is 3.17. The van der Waals surface area contributed by atoms with Crippen LogP contribution in [0.5, 0.6) is 0 Å². The molecule has 8 N–H and O–H groups in total. The standard InChI is InChI=1S/C19H21N9O5S3/c20-19-24-16-12(2-1-3-13(16)34-19)11-4-5-14(36(31,32)23-8-10-9-33-7-6-22-10)17(35(21,29)30)15(11)18-25-27-28-26-18/h1-5,10,22-23H,6-9H2,(H2,20,24)(H2,21,29,30)(H,25,26,27,28)/p+1. The number of quaternary nitrogens is 1. The molecule has 1 atom stereocenters. The van der Waals surface area contributed by atoms with E-state index in [4.69, 9.17) is 15.6 Å². The molecule has 5 rings (SSSR count). The molecule has 0 radical (unpaired) electrons. The van der Waals surface area contributed by atoms with Crippen LogP contribution in [0, 0.1) is 0 Å². The zero-order valence-electron chi connectivity index (χ0n) is 18.6. The Morgan fingerprint density at radius 1 is 1.19 bits per heavy atom. The zero-order chi connectivity index (χ0) is 25.5. The quantitative estimate of drug-likeness (QED) is 0.180. The van der Waals surface area contributed by atoms with E-state index < -0.39 is 29.8 Å². The number of para-hydroxylation sites is 1. The third-order valence-electron chi connectivity index (χ3n) is 5.62. The van der Waals surface area contributed by atoms with Gasteiger partial charge in [0.15, 0.2) is 5.13 Å². The number of hydrogen-bond donors (Lipinski definition) is 5. The van der Waals surface area contributed by atoms with E-state index in [1.54, 1.807) is 12.1 Å². The Kier molecular flexibility index (Phi) is 6.45. The number of tetrazole rings is 1. The molecule has 0 saturated carbocycles. The van der Waals surface area contributed by atoms with Crippen LogP contribution in [-0.4, -0.2) is 74.8 Å². The summed E-state index contributed by atoms with van der Waals surface area (Å²) in [5, 5.41) is 21.5. The highest BCUT2D eigenvalue weighted by atomic mass is 32.2. The number of hydrogen-bond acceptors (Lipinski definition) is 11. The second-order valence-electron chi connectivity index (χ2n) is 8.01. The van der Waals surface area contributed by atoms with Crippen molar-refractivity contribution in [2.24, 2.45) is 5.14 Å². The Hall–Kier alpha value is -3.06. The Labute approximate surface area is 209 Å². The van der Waals surface area contributed by atoms with Gasteiger partial charge in [-0.1, -0.05) is 29.5 Å². The molecule has 2 aromatic carbocycles. The van der Waals surface area contributed by atoms with Crippen LogP contribution < -0.4 is 20.9 Å². The van der Waals surface area contributed by atoms with Gasteiger partial charge in [0.2, 0.25) is 25.9 Å². The molecule has 14 nitrogen and oxygen atoms in total. The predicted octanol–water partition coefficient (Wildman–Crippen LogP) is -1.39. The van der Waals surface area contributed by atoms with E-state index in [2.05, 4.69) is 30.3 Å². The minimum atomic E-state index is -4.61. The molecule has 1 fully saturated rings. The average molecular weight is 553 g/mol. The number of ether oxygens (including phenoxy) is 1. The molecule has 4 aromatic rings. The minimum absolute atomic E-state index is 0.0308. The SMILES string of the molecule is Nc1nc2c(-c3ccc(S(=O)(=O)NCC4COCC[NH2+]4)c(S(N)(=O)=O)c3-c3nn[nH]n3)cccc2s1. The summed E-state index contributed by atoms with van der Waals surface area (Å²) in [5.74, 6) is -0.153. The lowest BCUT2D eigenvalue weighted by atomic mass is 9.98. The van der Waals surface area contributed by atoms with E-state index in [9.17, 15) is 16.8 Å². The summed E-state index contributed by atoms with van der Waals surface area (Å²) in [7, 11) is -8.94. The number of thiazole rings is 1. The highest BCUT2D eigenvalue weighted by Gasteiger charge is 2.33. The number of benzene rings is 2. The van der Waals surface area contributed by atoms with Crippen molar-refractivity contribution in [3.63, 3.8) is 0 Å². The molecule has 1 saturated heterocycles. The van der Waals surface area contributed by atoms with Crippen molar-refractivity contribution in [1.82, 2.24) is 30.3 Å². The summed E-state index contributed by atoms with van der Waals surface area (Å²) < 4.78 is 61.1. The summed E-state index contributed by atoms with van der Waals surface area (Å²) in [6.45, 7) is 1.66. The number of rotatable bonds is 7. The van der Waals surface area contributed by atoms with Gasteiger partial charge >= 0.3 is 0 Å². The second kappa shape index (κ2) is 9.43. The van der Waals surface area contributed by atoms with Crippen LogP contribution in [0.1, 0.15) is 0 Å². The summed E-state index contributed by atoms with van der Waals surface area (Å²) in [5.41, 5.74) is 7.07. The van der Waals surface area contributed by atoms with Gasteiger partial charge in [-0.15, -0.1) is 10.2 Å². The van der Waals surface area contributed by atoms with Gasteiger partial charge in [-0.25, -0.2) is 31.7 Å². The number of nitrogens with two attached hydrogens (primary N) is 3. The van der Waals surface area contributed by atoms with Gasteiger partial charge in [-0.2, -0.15) is 5.21 Å². The first kappa shape index (κ1) is 24.6. The summed E-state index contributed by atoms with van der Waals surface area (Å²) in [6, 6.07) is 7.77. The molecule has 2 aromatic heterocycles. The molecule has 1 aliphatic rings. The van der Waals surface area contributed by atoms with Crippen molar-refractivity contribution in [3.8, 4) is 22.5 Å². The first-order valence-corrected chi connectivity index (χ1v) is 14.5. The van der Waals surface area contributed by atoms with Gasteiger partial charge in [-0.05, 0) is 22.9 Å². The topological polar surface area (TPSA) is 226 Å². The van der Waals surface area contributed by atoms with Gasteiger partial charge in [0, 0.05) is 5.56 Å². The molecule has 0 aliphatic carbocycles. The molecule has 36 heavy (non-hydrogen) atoms. The highest BCUT2D eigenvalue weighted by molar-refractivity contribution is 7.92.